The van der Waals surface area contributed by atoms with E-state index in [0.29, 0.717) is 35.7 Å². The van der Waals surface area contributed by atoms with E-state index >= 15 is 0 Å². The number of ether oxygens (including phenoxy) is 2. The normalized spacial score (nSPS) is 14.0. The van der Waals surface area contributed by atoms with E-state index in [1.807, 2.05) is 37.3 Å². The van der Waals surface area contributed by atoms with Crippen LogP contribution < -0.4 is 20.3 Å². The molecular formula is C20H19N3O4. The number of aryl methyl sites for hydroxylation is 1. The van der Waals surface area contributed by atoms with Gasteiger partial charge in [0.05, 0.1) is 17.1 Å². The number of hydrogen-bond acceptors (Lipinski definition) is 5. The van der Waals surface area contributed by atoms with Crippen LogP contribution in [0, 0.1) is 0 Å². The molecule has 138 valence electrons. The molecule has 7 heteroatoms. The predicted octanol–water partition coefficient (Wildman–Crippen LogP) is 2.20. The number of carbonyl (C=O) groups excluding carboxylic acids is 1. The summed E-state index contributed by atoms with van der Waals surface area (Å²) in [6.07, 6.45) is 0. The Hall–Kier alpha value is -3.35. The van der Waals surface area contributed by atoms with Crippen molar-refractivity contribution >= 4 is 16.9 Å². The lowest BCUT2D eigenvalue weighted by Gasteiger charge is -2.21. The second kappa shape index (κ2) is 6.75. The Morgan fingerprint density at radius 1 is 1.15 bits per heavy atom. The molecule has 0 fully saturated rings. The van der Waals surface area contributed by atoms with Gasteiger partial charge in [-0.2, -0.15) is 0 Å². The van der Waals surface area contributed by atoms with Crippen molar-refractivity contribution in [1.82, 2.24) is 14.9 Å². The molecule has 1 amide bonds. The summed E-state index contributed by atoms with van der Waals surface area (Å²) >= 11 is 0. The lowest BCUT2D eigenvalue weighted by atomic mass is 10.1. The summed E-state index contributed by atoms with van der Waals surface area (Å²) in [6, 6.07) is 12.4. The molecule has 0 spiro atoms. The van der Waals surface area contributed by atoms with Crippen LogP contribution in [0.2, 0.25) is 0 Å². The molecule has 2 aromatic carbocycles. The van der Waals surface area contributed by atoms with Crippen LogP contribution in [0.15, 0.2) is 47.3 Å². The number of benzene rings is 2. The molecule has 0 unspecified atom stereocenters. The SMILES string of the molecule is C[C@H](NC(=O)c1nc2ccccc2n(C)c1=O)c1ccc2c(c1)OCCO2. The highest BCUT2D eigenvalue weighted by Crippen LogP contribution is 2.32. The van der Waals surface area contributed by atoms with Crippen LogP contribution in [0.3, 0.4) is 0 Å². The van der Waals surface area contributed by atoms with Gasteiger partial charge in [-0.15, -0.1) is 0 Å². The van der Waals surface area contributed by atoms with Crippen molar-refractivity contribution in [1.29, 1.82) is 0 Å². The van der Waals surface area contributed by atoms with Gasteiger partial charge in [-0.3, -0.25) is 9.59 Å². The minimum atomic E-state index is -0.510. The molecule has 2 heterocycles. The molecular weight excluding hydrogens is 346 g/mol. The fourth-order valence-electron chi connectivity index (χ4n) is 3.10. The predicted molar refractivity (Wildman–Crippen MR) is 100 cm³/mol. The summed E-state index contributed by atoms with van der Waals surface area (Å²) in [4.78, 5) is 29.5. The van der Waals surface area contributed by atoms with Gasteiger partial charge in [-0.25, -0.2) is 4.98 Å². The Morgan fingerprint density at radius 2 is 1.89 bits per heavy atom. The molecule has 27 heavy (non-hydrogen) atoms. The first-order valence-electron chi connectivity index (χ1n) is 8.71. The van der Waals surface area contributed by atoms with E-state index in [9.17, 15) is 9.59 Å². The summed E-state index contributed by atoms with van der Waals surface area (Å²) in [5.74, 6) is 0.830. The van der Waals surface area contributed by atoms with E-state index in [1.165, 1.54) is 4.57 Å². The van der Waals surface area contributed by atoms with Crippen molar-refractivity contribution in [3.8, 4) is 11.5 Å². The van der Waals surface area contributed by atoms with Gasteiger partial charge < -0.3 is 19.4 Å². The van der Waals surface area contributed by atoms with Crippen molar-refractivity contribution in [2.75, 3.05) is 13.2 Å². The average Bonchev–Trinajstić information content (AvgIpc) is 2.70. The first-order chi connectivity index (χ1) is 13.0. The number of nitrogens with one attached hydrogen (secondary N) is 1. The van der Waals surface area contributed by atoms with Crippen molar-refractivity contribution in [3.05, 3.63) is 64.1 Å². The molecule has 1 aromatic heterocycles. The summed E-state index contributed by atoms with van der Waals surface area (Å²) in [6.45, 7) is 2.86. The van der Waals surface area contributed by atoms with Crippen LogP contribution in [-0.4, -0.2) is 28.7 Å². The second-order valence-corrected chi connectivity index (χ2v) is 6.41. The van der Waals surface area contributed by atoms with Crippen LogP contribution in [0.5, 0.6) is 11.5 Å². The summed E-state index contributed by atoms with van der Waals surface area (Å²) < 4.78 is 12.5. The van der Waals surface area contributed by atoms with E-state index < -0.39 is 11.5 Å². The Kier molecular flexibility index (Phi) is 4.27. The molecule has 3 aromatic rings. The summed E-state index contributed by atoms with van der Waals surface area (Å²) in [7, 11) is 1.63. The number of nitrogens with zero attached hydrogens (tertiary/aromatic N) is 2. The van der Waals surface area contributed by atoms with Gasteiger partial charge in [-0.1, -0.05) is 18.2 Å². The van der Waals surface area contributed by atoms with Crippen molar-refractivity contribution in [3.63, 3.8) is 0 Å². The number of rotatable bonds is 3. The maximum Gasteiger partial charge on any atom is 0.282 e. The Bertz CT molecular complexity index is 1090. The minimum absolute atomic E-state index is 0.124. The number of carbonyl (C=O) groups is 1. The van der Waals surface area contributed by atoms with Crippen molar-refractivity contribution < 1.29 is 14.3 Å². The van der Waals surface area contributed by atoms with E-state index in [4.69, 9.17) is 9.47 Å². The molecule has 1 aliphatic rings. The third-order valence-corrected chi connectivity index (χ3v) is 4.61. The number of para-hydroxylation sites is 2. The van der Waals surface area contributed by atoms with Crippen LogP contribution in [-0.2, 0) is 7.05 Å². The van der Waals surface area contributed by atoms with E-state index in [1.54, 1.807) is 19.2 Å². The number of amides is 1. The van der Waals surface area contributed by atoms with Crippen molar-refractivity contribution in [2.24, 2.45) is 7.05 Å². The standard InChI is InChI=1S/C20H19N3O4/c1-12(13-7-8-16-17(11-13)27-10-9-26-16)21-19(24)18-20(25)23(2)15-6-4-3-5-14(15)22-18/h3-8,11-12H,9-10H2,1-2H3,(H,21,24)/t12-/m0/s1. The van der Waals surface area contributed by atoms with Gasteiger partial charge in [-0.05, 0) is 36.8 Å². The van der Waals surface area contributed by atoms with Crippen LogP contribution in [0.4, 0.5) is 0 Å². The van der Waals surface area contributed by atoms with E-state index in [-0.39, 0.29) is 11.7 Å². The lowest BCUT2D eigenvalue weighted by molar-refractivity contribution is 0.0933. The molecule has 1 atom stereocenters. The number of hydrogen-bond donors (Lipinski definition) is 1. The summed E-state index contributed by atoms with van der Waals surface area (Å²) in [5.41, 5.74) is 1.57. The quantitative estimate of drug-likeness (QED) is 0.769. The molecule has 0 bridgehead atoms. The molecule has 1 aliphatic heterocycles. The highest BCUT2D eigenvalue weighted by Gasteiger charge is 2.20. The molecule has 1 N–H and O–H groups in total. The topological polar surface area (TPSA) is 82.5 Å². The fraction of sp³-hybridized carbons (Fsp3) is 0.250. The second-order valence-electron chi connectivity index (χ2n) is 6.41. The Morgan fingerprint density at radius 3 is 2.70 bits per heavy atom. The monoisotopic (exact) mass is 365 g/mol. The molecule has 7 nitrogen and oxygen atoms in total. The molecule has 4 rings (SSSR count). The largest absolute Gasteiger partial charge is 0.486 e. The highest BCUT2D eigenvalue weighted by molar-refractivity contribution is 5.94. The molecule has 0 saturated heterocycles. The lowest BCUT2D eigenvalue weighted by Crippen LogP contribution is -2.35. The van der Waals surface area contributed by atoms with Gasteiger partial charge >= 0.3 is 0 Å². The Balaban J connectivity index is 1.61. The fourth-order valence-corrected chi connectivity index (χ4v) is 3.10. The maximum atomic E-state index is 12.7. The van der Waals surface area contributed by atoms with Gasteiger partial charge in [0.1, 0.15) is 13.2 Å². The zero-order valence-corrected chi connectivity index (χ0v) is 15.1. The van der Waals surface area contributed by atoms with Gasteiger partial charge in [0.25, 0.3) is 11.5 Å². The summed E-state index contributed by atoms with van der Waals surface area (Å²) in [5, 5.41) is 2.84. The van der Waals surface area contributed by atoms with Crippen LogP contribution in [0.25, 0.3) is 11.0 Å². The zero-order valence-electron chi connectivity index (χ0n) is 15.1. The third-order valence-electron chi connectivity index (χ3n) is 4.61. The minimum Gasteiger partial charge on any atom is -0.486 e. The molecule has 0 aliphatic carbocycles. The molecule has 0 saturated carbocycles. The third kappa shape index (κ3) is 3.12. The van der Waals surface area contributed by atoms with E-state index in [2.05, 4.69) is 10.3 Å². The Labute approximate surface area is 155 Å². The van der Waals surface area contributed by atoms with Gasteiger partial charge in [0, 0.05) is 7.05 Å². The first-order valence-corrected chi connectivity index (χ1v) is 8.71. The van der Waals surface area contributed by atoms with E-state index in [0.717, 1.165) is 5.56 Å². The van der Waals surface area contributed by atoms with Crippen LogP contribution >= 0.6 is 0 Å². The number of fused-ring (bicyclic) bond motifs is 2. The van der Waals surface area contributed by atoms with Gasteiger partial charge in [0.2, 0.25) is 0 Å². The zero-order chi connectivity index (χ0) is 19.0. The number of aromatic nitrogens is 2. The smallest absolute Gasteiger partial charge is 0.282 e. The maximum absolute atomic E-state index is 12.7. The van der Waals surface area contributed by atoms with Crippen molar-refractivity contribution in [2.45, 2.75) is 13.0 Å². The average molecular weight is 365 g/mol. The highest BCUT2D eigenvalue weighted by atomic mass is 16.6. The van der Waals surface area contributed by atoms with Gasteiger partial charge in [0.15, 0.2) is 17.2 Å². The molecule has 0 radical (unpaired) electrons. The first kappa shape index (κ1) is 17.1. The van der Waals surface area contributed by atoms with Crippen LogP contribution in [0.1, 0.15) is 29.0 Å².